The molecule has 0 unspecified atom stereocenters. The molecule has 2 aromatic heterocycles. The van der Waals surface area contributed by atoms with E-state index >= 15 is 0 Å². The third-order valence-corrected chi connectivity index (χ3v) is 5.71. The zero-order valence-electron chi connectivity index (χ0n) is 18.1. The molecule has 0 fully saturated rings. The molecule has 1 N–H and O–H groups in total. The number of nitrogens with zero attached hydrogens (tertiary/aromatic N) is 2. The first-order chi connectivity index (χ1) is 15.7. The molecular weight excluding hydrogens is 394 g/mol. The molecule has 156 valence electrons. The van der Waals surface area contributed by atoms with Crippen LogP contribution >= 0.6 is 0 Å². The van der Waals surface area contributed by atoms with E-state index in [2.05, 4.69) is 65.1 Å². The highest BCUT2D eigenvalue weighted by Gasteiger charge is 2.17. The highest BCUT2D eigenvalue weighted by Crippen LogP contribution is 2.41. The number of hydrogen-bond acceptors (Lipinski definition) is 3. The fraction of sp³-hybridized carbons (Fsp3) is 0.0714. The van der Waals surface area contributed by atoms with Gasteiger partial charge in [0, 0.05) is 45.4 Å². The number of H-pyrrole nitrogens is 1. The molecule has 2 heterocycles. The van der Waals surface area contributed by atoms with Gasteiger partial charge in [-0.15, -0.1) is 0 Å². The van der Waals surface area contributed by atoms with Gasteiger partial charge in [0.05, 0.1) is 12.8 Å². The average molecular weight is 418 g/mol. The average Bonchev–Trinajstić information content (AvgIpc) is 3.22. The minimum atomic E-state index is 0.647. The number of aromatic amines is 1. The Kier molecular flexibility index (Phi) is 5.04. The van der Waals surface area contributed by atoms with Crippen molar-refractivity contribution in [3.8, 4) is 22.3 Å². The van der Waals surface area contributed by atoms with Crippen LogP contribution in [0, 0.1) is 0 Å². The van der Waals surface area contributed by atoms with E-state index in [-0.39, 0.29) is 0 Å². The number of methoxy groups -OCH3 is 1. The molecule has 0 bridgehead atoms. The predicted molar refractivity (Wildman–Crippen MR) is 134 cm³/mol. The number of ether oxygens (including phenoxy) is 1. The van der Waals surface area contributed by atoms with Crippen LogP contribution in [0.3, 0.4) is 0 Å². The van der Waals surface area contributed by atoms with E-state index in [9.17, 15) is 0 Å². The Morgan fingerprint density at radius 2 is 1.78 bits per heavy atom. The number of aromatic nitrogens is 2. The molecule has 5 aromatic rings. The van der Waals surface area contributed by atoms with Crippen LogP contribution in [0.5, 0.6) is 0 Å². The minimum Gasteiger partial charge on any atom is -0.497 e. The largest absolute Gasteiger partial charge is 0.497 e. The second kappa shape index (κ2) is 8.16. The fourth-order valence-corrected chi connectivity index (χ4v) is 4.15. The summed E-state index contributed by atoms with van der Waals surface area (Å²) in [4.78, 5) is 12.8. The van der Waals surface area contributed by atoms with Gasteiger partial charge < -0.3 is 9.72 Å². The minimum absolute atomic E-state index is 0.647. The van der Waals surface area contributed by atoms with E-state index in [1.807, 2.05) is 43.6 Å². The van der Waals surface area contributed by atoms with Gasteiger partial charge in [-0.1, -0.05) is 61.2 Å². The highest BCUT2D eigenvalue weighted by molar-refractivity contribution is 6.16. The van der Waals surface area contributed by atoms with Crippen LogP contribution in [0.25, 0.3) is 49.9 Å². The molecule has 0 radical (unpaired) electrons. The molecule has 4 nitrogen and oxygen atoms in total. The van der Waals surface area contributed by atoms with Gasteiger partial charge in [-0.05, 0) is 36.2 Å². The zero-order valence-corrected chi connectivity index (χ0v) is 18.1. The molecule has 5 rings (SSSR count). The fourth-order valence-electron chi connectivity index (χ4n) is 4.15. The van der Waals surface area contributed by atoms with Crippen molar-refractivity contribution in [2.75, 3.05) is 7.11 Å². The highest BCUT2D eigenvalue weighted by atomic mass is 16.5. The van der Waals surface area contributed by atoms with Gasteiger partial charge in [0.25, 0.3) is 0 Å². The van der Waals surface area contributed by atoms with E-state index in [1.54, 1.807) is 7.11 Å². The first-order valence-electron chi connectivity index (χ1n) is 10.5. The molecule has 0 saturated heterocycles. The van der Waals surface area contributed by atoms with Gasteiger partial charge >= 0.3 is 0 Å². The number of pyridine rings is 1. The van der Waals surface area contributed by atoms with Crippen molar-refractivity contribution in [2.24, 2.45) is 4.99 Å². The summed E-state index contributed by atoms with van der Waals surface area (Å²) in [6.45, 7) is 5.88. The molecular formula is C28H23N3O. The molecule has 0 aliphatic carbocycles. The van der Waals surface area contributed by atoms with Crippen molar-refractivity contribution >= 4 is 39.6 Å². The lowest BCUT2D eigenvalue weighted by Crippen LogP contribution is -1.91. The number of aliphatic imine (C=N–C) groups is 1. The van der Waals surface area contributed by atoms with E-state index in [1.165, 1.54) is 0 Å². The maximum atomic E-state index is 5.28. The second-order valence-corrected chi connectivity index (χ2v) is 7.58. The summed E-state index contributed by atoms with van der Waals surface area (Å²) in [6.07, 6.45) is 3.76. The Bertz CT molecular complexity index is 1460. The van der Waals surface area contributed by atoms with Gasteiger partial charge in [-0.3, -0.25) is 4.99 Å². The smallest absolute Gasteiger partial charge is 0.138 e. The molecule has 0 spiro atoms. The molecule has 0 atom stereocenters. The summed E-state index contributed by atoms with van der Waals surface area (Å²) in [5, 5.41) is 2.21. The second-order valence-electron chi connectivity index (χ2n) is 7.58. The van der Waals surface area contributed by atoms with Gasteiger partial charge in [-0.2, -0.15) is 0 Å². The summed E-state index contributed by atoms with van der Waals surface area (Å²) in [6, 6.07) is 24.9. The maximum Gasteiger partial charge on any atom is 0.138 e. The third kappa shape index (κ3) is 3.36. The Labute approximate surface area is 186 Å². The van der Waals surface area contributed by atoms with E-state index in [4.69, 9.17) is 9.72 Å². The van der Waals surface area contributed by atoms with Gasteiger partial charge in [0.1, 0.15) is 11.4 Å². The lowest BCUT2D eigenvalue weighted by molar-refractivity contribution is 0.371. The summed E-state index contributed by atoms with van der Waals surface area (Å²) < 4.78 is 5.28. The molecule has 0 aliphatic rings. The van der Waals surface area contributed by atoms with E-state index in [0.717, 1.165) is 55.4 Å². The normalized spacial score (nSPS) is 11.4. The quantitative estimate of drug-likeness (QED) is 0.239. The first kappa shape index (κ1) is 19.8. The lowest BCUT2D eigenvalue weighted by atomic mass is 9.92. The Hall–Kier alpha value is -4.18. The van der Waals surface area contributed by atoms with Crippen molar-refractivity contribution in [2.45, 2.75) is 6.92 Å². The van der Waals surface area contributed by atoms with Crippen molar-refractivity contribution in [1.29, 1.82) is 0 Å². The Morgan fingerprint density at radius 3 is 2.50 bits per heavy atom. The standard InChI is InChI=1S/C28H23N3O/c1-4-29-22-14-15-25-23(16-22)27-26(21-8-6-5-7-9-21)24(17-30-28(27)31-25)20-12-10-19(11-13-20)18(2)32-3/h4-17H,2H2,1,3H3,(H,30,31). The molecule has 0 saturated carbocycles. The summed E-state index contributed by atoms with van der Waals surface area (Å²) in [5.74, 6) is 0.647. The summed E-state index contributed by atoms with van der Waals surface area (Å²) in [5.41, 5.74) is 8.25. The van der Waals surface area contributed by atoms with Crippen molar-refractivity contribution < 1.29 is 4.74 Å². The van der Waals surface area contributed by atoms with Crippen LogP contribution in [0.1, 0.15) is 12.5 Å². The molecule has 3 aromatic carbocycles. The summed E-state index contributed by atoms with van der Waals surface area (Å²) >= 11 is 0. The zero-order chi connectivity index (χ0) is 22.1. The molecule has 0 amide bonds. The van der Waals surface area contributed by atoms with Gasteiger partial charge in [0.2, 0.25) is 0 Å². The van der Waals surface area contributed by atoms with Gasteiger partial charge in [-0.25, -0.2) is 4.98 Å². The Balaban J connectivity index is 1.82. The predicted octanol–water partition coefficient (Wildman–Crippen LogP) is 7.39. The maximum absolute atomic E-state index is 5.28. The van der Waals surface area contributed by atoms with Crippen LogP contribution in [0.2, 0.25) is 0 Å². The van der Waals surface area contributed by atoms with Crippen LogP contribution < -0.4 is 0 Å². The first-order valence-corrected chi connectivity index (χ1v) is 10.5. The third-order valence-electron chi connectivity index (χ3n) is 5.71. The SMILES string of the molecule is C=C(OC)c1ccc(-c2cnc3[nH]c4ccc(N=CC)cc4c3c2-c2ccccc2)cc1. The van der Waals surface area contributed by atoms with Crippen LogP contribution in [-0.2, 0) is 4.74 Å². The Morgan fingerprint density at radius 1 is 1.00 bits per heavy atom. The topological polar surface area (TPSA) is 50.3 Å². The van der Waals surface area contributed by atoms with Crippen LogP contribution in [0.15, 0.2) is 90.6 Å². The van der Waals surface area contributed by atoms with Crippen LogP contribution in [-0.4, -0.2) is 23.3 Å². The number of rotatable bonds is 5. The van der Waals surface area contributed by atoms with Crippen LogP contribution in [0.4, 0.5) is 5.69 Å². The number of hydrogen-bond donors (Lipinski definition) is 1. The molecule has 0 aliphatic heterocycles. The van der Waals surface area contributed by atoms with Gasteiger partial charge in [0.15, 0.2) is 0 Å². The molecule has 32 heavy (non-hydrogen) atoms. The number of nitrogens with one attached hydrogen (secondary N) is 1. The monoisotopic (exact) mass is 417 g/mol. The number of benzene rings is 3. The number of fused-ring (bicyclic) bond motifs is 3. The van der Waals surface area contributed by atoms with Crippen molar-refractivity contribution in [3.63, 3.8) is 0 Å². The lowest BCUT2D eigenvalue weighted by Gasteiger charge is -2.13. The van der Waals surface area contributed by atoms with Crippen molar-refractivity contribution in [1.82, 2.24) is 9.97 Å². The molecule has 4 heteroatoms. The van der Waals surface area contributed by atoms with E-state index in [0.29, 0.717) is 5.76 Å². The summed E-state index contributed by atoms with van der Waals surface area (Å²) in [7, 11) is 1.63. The van der Waals surface area contributed by atoms with E-state index < -0.39 is 0 Å². The van der Waals surface area contributed by atoms with Crippen molar-refractivity contribution in [3.05, 3.63) is 91.1 Å².